The maximum absolute atomic E-state index is 11.9. The number of alkyl halides is 1. The molecule has 1 saturated heterocycles. The molecule has 0 radical (unpaired) electrons. The van der Waals surface area contributed by atoms with Crippen LogP contribution < -0.4 is 5.32 Å². The molecule has 11 heavy (non-hydrogen) atoms. The van der Waals surface area contributed by atoms with E-state index in [-0.39, 0.29) is 6.42 Å². The molecule has 1 aliphatic heterocycles. The van der Waals surface area contributed by atoms with E-state index in [1.807, 2.05) is 0 Å². The average molecular weight is 161 g/mol. The monoisotopic (exact) mass is 161 g/mol. The molecule has 0 unspecified atom stereocenters. The zero-order valence-corrected chi connectivity index (χ0v) is 5.71. The van der Waals surface area contributed by atoms with Gasteiger partial charge in [0.1, 0.15) is 12.7 Å². The van der Waals surface area contributed by atoms with E-state index in [4.69, 9.17) is 5.11 Å². The zero-order valence-electron chi connectivity index (χ0n) is 5.71. The molecule has 0 aliphatic carbocycles. The summed E-state index contributed by atoms with van der Waals surface area (Å²) < 4.78 is 11.9. The highest BCUT2D eigenvalue weighted by atomic mass is 19.1. The van der Waals surface area contributed by atoms with Gasteiger partial charge in [0.25, 0.3) is 0 Å². The molecule has 4 nitrogen and oxygen atoms in total. The van der Waals surface area contributed by atoms with Gasteiger partial charge in [-0.05, 0) is 6.42 Å². The van der Waals surface area contributed by atoms with Crippen molar-refractivity contribution in [2.75, 3.05) is 6.67 Å². The number of carbonyl (C=O) groups is 2. The highest BCUT2D eigenvalue weighted by molar-refractivity contribution is 5.88. The van der Waals surface area contributed by atoms with Gasteiger partial charge < -0.3 is 10.4 Å². The molecule has 1 aliphatic rings. The standard InChI is InChI=1S/C6H8FNO3/c7-2-3-1-4(6(10)11)8-5(3)9/h3-4H,1-2H2,(H,8,9)(H,10,11)/t3-,4+/m1/s1. The Kier molecular flexibility index (Phi) is 2.07. The normalized spacial score (nSPS) is 30.1. The quantitative estimate of drug-likeness (QED) is 0.576. The van der Waals surface area contributed by atoms with E-state index < -0.39 is 30.5 Å². The van der Waals surface area contributed by atoms with E-state index in [0.717, 1.165) is 0 Å². The van der Waals surface area contributed by atoms with Gasteiger partial charge in [0.2, 0.25) is 5.91 Å². The number of carboxylic acids is 1. The molecule has 0 aromatic carbocycles. The second-order valence-corrected chi connectivity index (χ2v) is 2.49. The molecule has 62 valence electrons. The van der Waals surface area contributed by atoms with Crippen LogP contribution in [-0.2, 0) is 9.59 Å². The van der Waals surface area contributed by atoms with Crippen molar-refractivity contribution in [3.05, 3.63) is 0 Å². The lowest BCUT2D eigenvalue weighted by Gasteiger charge is -2.00. The Labute approximate surface area is 62.4 Å². The van der Waals surface area contributed by atoms with Crippen molar-refractivity contribution in [3.8, 4) is 0 Å². The number of halogens is 1. The Morgan fingerprint density at radius 1 is 1.82 bits per heavy atom. The average Bonchev–Trinajstić information content (AvgIpc) is 2.31. The molecule has 1 amide bonds. The summed E-state index contributed by atoms with van der Waals surface area (Å²) in [5, 5.41) is 10.6. The molecule has 0 spiro atoms. The minimum Gasteiger partial charge on any atom is -0.480 e. The minimum atomic E-state index is -1.10. The Hall–Kier alpha value is -1.13. The van der Waals surface area contributed by atoms with Gasteiger partial charge in [0.15, 0.2) is 0 Å². The van der Waals surface area contributed by atoms with Crippen LogP contribution in [0.5, 0.6) is 0 Å². The topological polar surface area (TPSA) is 66.4 Å². The van der Waals surface area contributed by atoms with Crippen LogP contribution in [0.15, 0.2) is 0 Å². The summed E-state index contributed by atoms with van der Waals surface area (Å²) in [4.78, 5) is 21.0. The van der Waals surface area contributed by atoms with Crippen LogP contribution in [0.4, 0.5) is 4.39 Å². The summed E-state index contributed by atoms with van der Waals surface area (Å²) in [7, 11) is 0. The van der Waals surface area contributed by atoms with Crippen LogP contribution in [0.25, 0.3) is 0 Å². The first kappa shape index (κ1) is 7.97. The summed E-state index contributed by atoms with van der Waals surface area (Å²) in [6.45, 7) is -0.782. The predicted octanol–water partition coefficient (Wildman–Crippen LogP) is -0.455. The van der Waals surface area contributed by atoms with Crippen LogP contribution in [0.3, 0.4) is 0 Å². The number of rotatable bonds is 2. The summed E-state index contributed by atoms with van der Waals surface area (Å²) in [6, 6.07) is -0.900. The molecule has 5 heteroatoms. The van der Waals surface area contributed by atoms with E-state index in [2.05, 4.69) is 5.32 Å². The van der Waals surface area contributed by atoms with Crippen molar-refractivity contribution in [3.63, 3.8) is 0 Å². The lowest BCUT2D eigenvalue weighted by atomic mass is 10.1. The SMILES string of the molecule is O=C1N[C@H](C(=O)O)C[C@@H]1CF. The van der Waals surface area contributed by atoms with E-state index in [9.17, 15) is 14.0 Å². The molecule has 1 fully saturated rings. The zero-order chi connectivity index (χ0) is 8.43. The molecule has 0 aromatic heterocycles. The molecule has 0 aromatic rings. The number of carboxylic acid groups (broad SMARTS) is 1. The van der Waals surface area contributed by atoms with Crippen molar-refractivity contribution < 1.29 is 19.1 Å². The largest absolute Gasteiger partial charge is 0.480 e. The molecule has 2 N–H and O–H groups in total. The lowest BCUT2D eigenvalue weighted by Crippen LogP contribution is -2.32. The smallest absolute Gasteiger partial charge is 0.326 e. The van der Waals surface area contributed by atoms with Crippen molar-refractivity contribution in [2.45, 2.75) is 12.5 Å². The molecule has 1 heterocycles. The van der Waals surface area contributed by atoms with Gasteiger partial charge in [-0.2, -0.15) is 0 Å². The maximum atomic E-state index is 11.9. The molecular weight excluding hydrogens is 153 g/mol. The predicted molar refractivity (Wildman–Crippen MR) is 33.6 cm³/mol. The van der Waals surface area contributed by atoms with Crippen LogP contribution in [0.2, 0.25) is 0 Å². The first-order chi connectivity index (χ1) is 5.15. The fraction of sp³-hybridized carbons (Fsp3) is 0.667. The number of nitrogens with one attached hydrogen (secondary N) is 1. The third kappa shape index (κ3) is 1.47. The first-order valence-electron chi connectivity index (χ1n) is 3.24. The van der Waals surface area contributed by atoms with E-state index >= 15 is 0 Å². The minimum absolute atomic E-state index is 0.0602. The van der Waals surface area contributed by atoms with E-state index in [1.54, 1.807) is 0 Å². The Morgan fingerprint density at radius 3 is 2.73 bits per heavy atom. The van der Waals surface area contributed by atoms with Gasteiger partial charge in [-0.25, -0.2) is 4.79 Å². The van der Waals surface area contributed by atoms with E-state index in [1.165, 1.54) is 0 Å². The summed E-state index contributed by atoms with van der Waals surface area (Å²) in [5.74, 6) is -2.37. The molecular formula is C6H8FNO3. The van der Waals surface area contributed by atoms with Crippen LogP contribution in [-0.4, -0.2) is 29.7 Å². The van der Waals surface area contributed by atoms with Gasteiger partial charge in [-0.1, -0.05) is 0 Å². The fourth-order valence-corrected chi connectivity index (χ4v) is 1.04. The molecule has 1 rings (SSSR count). The third-order valence-electron chi connectivity index (χ3n) is 1.69. The van der Waals surface area contributed by atoms with Crippen LogP contribution in [0.1, 0.15) is 6.42 Å². The van der Waals surface area contributed by atoms with Gasteiger partial charge in [-0.15, -0.1) is 0 Å². The Bertz CT molecular complexity index is 194. The van der Waals surface area contributed by atoms with Gasteiger partial charge in [0.05, 0.1) is 5.92 Å². The number of hydrogen-bond donors (Lipinski definition) is 2. The first-order valence-corrected chi connectivity index (χ1v) is 3.24. The summed E-state index contributed by atoms with van der Waals surface area (Å²) >= 11 is 0. The van der Waals surface area contributed by atoms with Gasteiger partial charge >= 0.3 is 5.97 Å². The molecule has 2 atom stereocenters. The summed E-state index contributed by atoms with van der Waals surface area (Å²) in [6.07, 6.45) is 0.0602. The second kappa shape index (κ2) is 2.86. The molecule has 0 saturated carbocycles. The number of amides is 1. The molecule has 0 bridgehead atoms. The van der Waals surface area contributed by atoms with Crippen molar-refractivity contribution in [1.29, 1.82) is 0 Å². The van der Waals surface area contributed by atoms with Crippen LogP contribution in [0, 0.1) is 5.92 Å². The summed E-state index contributed by atoms with van der Waals surface area (Å²) in [5.41, 5.74) is 0. The van der Waals surface area contributed by atoms with Crippen molar-refractivity contribution >= 4 is 11.9 Å². The Morgan fingerprint density at radius 2 is 2.45 bits per heavy atom. The van der Waals surface area contributed by atoms with Gasteiger partial charge in [0, 0.05) is 0 Å². The maximum Gasteiger partial charge on any atom is 0.326 e. The van der Waals surface area contributed by atoms with Gasteiger partial charge in [-0.3, -0.25) is 9.18 Å². The number of hydrogen-bond acceptors (Lipinski definition) is 2. The van der Waals surface area contributed by atoms with Crippen molar-refractivity contribution in [1.82, 2.24) is 5.32 Å². The third-order valence-corrected chi connectivity index (χ3v) is 1.69. The number of aliphatic carboxylic acids is 1. The Balaban J connectivity index is 2.56. The van der Waals surface area contributed by atoms with E-state index in [0.29, 0.717) is 0 Å². The van der Waals surface area contributed by atoms with Crippen molar-refractivity contribution in [2.24, 2.45) is 5.92 Å². The second-order valence-electron chi connectivity index (χ2n) is 2.49. The number of carbonyl (C=O) groups excluding carboxylic acids is 1. The highest BCUT2D eigenvalue weighted by Crippen LogP contribution is 2.15. The van der Waals surface area contributed by atoms with Crippen LogP contribution >= 0.6 is 0 Å². The highest BCUT2D eigenvalue weighted by Gasteiger charge is 2.35. The lowest BCUT2D eigenvalue weighted by molar-refractivity contribution is -0.140. The fourth-order valence-electron chi connectivity index (χ4n) is 1.04.